The molecule has 1 aliphatic rings. The molecule has 1 unspecified atom stereocenters. The highest BCUT2D eigenvalue weighted by molar-refractivity contribution is 9.10. The first-order valence-corrected chi connectivity index (χ1v) is 8.49. The Morgan fingerprint density at radius 3 is 2.75 bits per heavy atom. The molecule has 0 saturated carbocycles. The molecule has 1 N–H and O–H groups in total. The van der Waals surface area contributed by atoms with Crippen molar-refractivity contribution in [1.82, 2.24) is 14.9 Å². The predicted octanol–water partition coefficient (Wildman–Crippen LogP) is 3.48. The van der Waals surface area contributed by atoms with Crippen LogP contribution in [0.4, 0.5) is 5.82 Å². The van der Waals surface area contributed by atoms with Gasteiger partial charge in [0.2, 0.25) is 0 Å². The van der Waals surface area contributed by atoms with Crippen molar-refractivity contribution >= 4 is 21.7 Å². The van der Waals surface area contributed by atoms with Gasteiger partial charge in [0.25, 0.3) is 0 Å². The van der Waals surface area contributed by atoms with Crippen LogP contribution >= 0.6 is 15.9 Å². The summed E-state index contributed by atoms with van der Waals surface area (Å²) in [4.78, 5) is 11.5. The van der Waals surface area contributed by atoms with Crippen LogP contribution in [0, 0.1) is 0 Å². The van der Waals surface area contributed by atoms with Crippen LogP contribution in [-0.2, 0) is 6.42 Å². The molecule has 0 aromatic carbocycles. The van der Waals surface area contributed by atoms with Crippen molar-refractivity contribution in [2.75, 3.05) is 25.0 Å². The van der Waals surface area contributed by atoms with Gasteiger partial charge in [-0.05, 0) is 55.2 Å². The number of halogens is 1. The molecule has 0 radical (unpaired) electrons. The van der Waals surface area contributed by atoms with Gasteiger partial charge in [-0.15, -0.1) is 0 Å². The lowest BCUT2D eigenvalue weighted by Crippen LogP contribution is -2.41. The minimum atomic E-state index is 0.554. The Morgan fingerprint density at radius 1 is 1.30 bits per heavy atom. The second-order valence-corrected chi connectivity index (χ2v) is 6.38. The van der Waals surface area contributed by atoms with Crippen molar-refractivity contribution in [2.24, 2.45) is 0 Å². The summed E-state index contributed by atoms with van der Waals surface area (Å²) in [6.07, 6.45) is 6.06. The van der Waals surface area contributed by atoms with E-state index in [9.17, 15) is 0 Å². The molecule has 0 bridgehead atoms. The number of likely N-dealkylation sites (tertiary alicyclic amines) is 1. The molecule has 1 atom stereocenters. The van der Waals surface area contributed by atoms with Crippen molar-refractivity contribution in [3.05, 3.63) is 16.5 Å². The summed E-state index contributed by atoms with van der Waals surface area (Å²) in [5, 5.41) is 3.46. The number of nitrogens with zero attached hydrogens (tertiary/aromatic N) is 3. The molecule has 4 nitrogen and oxygen atoms in total. The quantitative estimate of drug-likeness (QED) is 0.805. The topological polar surface area (TPSA) is 41.1 Å². The molecule has 1 aliphatic heterocycles. The molecular formula is C15H25BrN4. The highest BCUT2D eigenvalue weighted by atomic mass is 79.9. The highest BCUT2D eigenvalue weighted by Gasteiger charge is 2.16. The molecule has 5 heteroatoms. The molecule has 2 rings (SSSR count). The van der Waals surface area contributed by atoms with Gasteiger partial charge in [0, 0.05) is 25.1 Å². The standard InChI is InChI=1S/C15H25BrN4/c1-3-7-14-18-13(16)10-15(19-14)17-11-12(2)20-8-5-4-6-9-20/h10,12H,3-9,11H2,1-2H3,(H,17,18,19). The summed E-state index contributed by atoms with van der Waals surface area (Å²) in [6, 6.07) is 2.51. The van der Waals surface area contributed by atoms with Gasteiger partial charge in [-0.2, -0.15) is 0 Å². The molecule has 0 spiro atoms. The molecular weight excluding hydrogens is 316 g/mol. The fourth-order valence-corrected chi connectivity index (χ4v) is 3.05. The number of aromatic nitrogens is 2. The molecule has 1 aromatic heterocycles. The molecule has 1 fully saturated rings. The maximum atomic E-state index is 4.57. The van der Waals surface area contributed by atoms with Gasteiger partial charge in [-0.1, -0.05) is 13.3 Å². The Bertz CT molecular complexity index is 418. The Hall–Kier alpha value is -0.680. The summed E-state index contributed by atoms with van der Waals surface area (Å²) in [6.45, 7) is 7.85. The van der Waals surface area contributed by atoms with Gasteiger partial charge in [-0.25, -0.2) is 9.97 Å². The fourth-order valence-electron chi connectivity index (χ4n) is 2.63. The van der Waals surface area contributed by atoms with E-state index in [-0.39, 0.29) is 0 Å². The van der Waals surface area contributed by atoms with Gasteiger partial charge in [0.05, 0.1) is 0 Å². The van der Waals surface area contributed by atoms with Gasteiger partial charge in [0.1, 0.15) is 16.2 Å². The summed E-state index contributed by atoms with van der Waals surface area (Å²) in [5.74, 6) is 1.84. The predicted molar refractivity (Wildman–Crippen MR) is 87.1 cm³/mol. The Morgan fingerprint density at radius 2 is 2.05 bits per heavy atom. The van der Waals surface area contributed by atoms with Crippen LogP contribution in [0.25, 0.3) is 0 Å². The third kappa shape index (κ3) is 4.70. The number of aryl methyl sites for hydroxylation is 1. The van der Waals surface area contributed by atoms with Crippen LogP contribution in [0.2, 0.25) is 0 Å². The Balaban J connectivity index is 1.89. The zero-order valence-electron chi connectivity index (χ0n) is 12.5. The number of hydrogen-bond donors (Lipinski definition) is 1. The van der Waals surface area contributed by atoms with E-state index in [1.54, 1.807) is 0 Å². The van der Waals surface area contributed by atoms with Crippen molar-refractivity contribution < 1.29 is 0 Å². The fraction of sp³-hybridized carbons (Fsp3) is 0.733. The van der Waals surface area contributed by atoms with Gasteiger partial charge < -0.3 is 5.32 Å². The number of anilines is 1. The van der Waals surface area contributed by atoms with Crippen molar-refractivity contribution in [2.45, 2.75) is 52.0 Å². The lowest BCUT2D eigenvalue weighted by Gasteiger charge is -2.32. The number of piperidine rings is 1. The van der Waals surface area contributed by atoms with Crippen molar-refractivity contribution in [1.29, 1.82) is 0 Å². The zero-order chi connectivity index (χ0) is 14.4. The zero-order valence-corrected chi connectivity index (χ0v) is 14.1. The van der Waals surface area contributed by atoms with Crippen molar-refractivity contribution in [3.8, 4) is 0 Å². The highest BCUT2D eigenvalue weighted by Crippen LogP contribution is 2.15. The first kappa shape index (κ1) is 15.7. The molecule has 0 amide bonds. The van der Waals surface area contributed by atoms with Gasteiger partial charge in [0.15, 0.2) is 0 Å². The minimum absolute atomic E-state index is 0.554. The Labute approximate surface area is 130 Å². The van der Waals surface area contributed by atoms with Crippen LogP contribution in [0.5, 0.6) is 0 Å². The van der Waals surface area contributed by atoms with E-state index < -0.39 is 0 Å². The second-order valence-electron chi connectivity index (χ2n) is 5.57. The first-order valence-electron chi connectivity index (χ1n) is 7.70. The van der Waals surface area contributed by atoms with Crippen LogP contribution in [0.15, 0.2) is 10.7 Å². The third-order valence-electron chi connectivity index (χ3n) is 3.81. The lowest BCUT2D eigenvalue weighted by molar-refractivity contribution is 0.180. The minimum Gasteiger partial charge on any atom is -0.368 e. The average molecular weight is 341 g/mol. The van der Waals surface area contributed by atoms with Gasteiger partial charge >= 0.3 is 0 Å². The molecule has 112 valence electrons. The number of rotatable bonds is 6. The largest absolute Gasteiger partial charge is 0.368 e. The summed E-state index contributed by atoms with van der Waals surface area (Å²) in [7, 11) is 0. The van der Waals surface area contributed by atoms with E-state index in [0.717, 1.165) is 35.6 Å². The van der Waals surface area contributed by atoms with E-state index in [2.05, 4.69) is 50.0 Å². The van der Waals surface area contributed by atoms with E-state index in [4.69, 9.17) is 0 Å². The van der Waals surface area contributed by atoms with Crippen LogP contribution in [-0.4, -0.2) is 40.5 Å². The number of nitrogens with one attached hydrogen (secondary N) is 1. The summed E-state index contributed by atoms with van der Waals surface area (Å²) in [5.41, 5.74) is 0. The molecule has 1 aromatic rings. The van der Waals surface area contributed by atoms with E-state index in [1.165, 1.54) is 32.4 Å². The first-order chi connectivity index (χ1) is 9.69. The monoisotopic (exact) mass is 340 g/mol. The molecule has 1 saturated heterocycles. The lowest BCUT2D eigenvalue weighted by atomic mass is 10.1. The van der Waals surface area contributed by atoms with E-state index >= 15 is 0 Å². The molecule has 0 aliphatic carbocycles. The second kappa shape index (κ2) is 7.93. The van der Waals surface area contributed by atoms with Crippen LogP contribution in [0.1, 0.15) is 45.4 Å². The maximum absolute atomic E-state index is 4.57. The average Bonchev–Trinajstić information content (AvgIpc) is 2.45. The number of hydrogen-bond acceptors (Lipinski definition) is 4. The summed E-state index contributed by atoms with van der Waals surface area (Å²) >= 11 is 3.47. The Kier molecular flexibility index (Phi) is 6.23. The maximum Gasteiger partial charge on any atom is 0.132 e. The van der Waals surface area contributed by atoms with E-state index in [1.807, 2.05) is 6.07 Å². The third-order valence-corrected chi connectivity index (χ3v) is 4.21. The molecule has 2 heterocycles. The van der Waals surface area contributed by atoms with E-state index in [0.29, 0.717) is 6.04 Å². The smallest absolute Gasteiger partial charge is 0.132 e. The van der Waals surface area contributed by atoms with Crippen LogP contribution in [0.3, 0.4) is 0 Å². The molecule has 20 heavy (non-hydrogen) atoms. The normalized spacial score (nSPS) is 17.9. The van der Waals surface area contributed by atoms with Gasteiger partial charge in [-0.3, -0.25) is 4.90 Å². The van der Waals surface area contributed by atoms with Crippen molar-refractivity contribution in [3.63, 3.8) is 0 Å². The summed E-state index contributed by atoms with van der Waals surface area (Å²) < 4.78 is 0.865. The van der Waals surface area contributed by atoms with Crippen LogP contribution < -0.4 is 5.32 Å². The SMILES string of the molecule is CCCc1nc(Br)cc(NCC(C)N2CCCCC2)n1.